The Morgan fingerprint density at radius 1 is 0.945 bits per heavy atom. The van der Waals surface area contributed by atoms with E-state index in [0.717, 1.165) is 102 Å². The predicted molar refractivity (Wildman–Crippen MR) is 288 cm³/mol. The van der Waals surface area contributed by atoms with Gasteiger partial charge in [-0.25, -0.2) is 19.9 Å². The summed E-state index contributed by atoms with van der Waals surface area (Å²) in [6.07, 6.45) is 13.6. The molecule has 5 aromatic heterocycles. The van der Waals surface area contributed by atoms with Crippen molar-refractivity contribution in [1.29, 1.82) is 0 Å². The smallest absolute Gasteiger partial charge is 0.247 e. The molecule has 19 nitrogen and oxygen atoms in total. The molecule has 73 heavy (non-hydrogen) atoms. The number of aryl methyl sites for hydroxylation is 2. The Balaban J connectivity index is 0.746. The minimum Gasteiger partial charge on any atom is -0.494 e. The maximum Gasteiger partial charge on any atom is 0.247 e. The number of likely N-dealkylation sites (N-methyl/N-ethyl adjacent to an activating group) is 2. The highest BCUT2D eigenvalue weighted by molar-refractivity contribution is 6.02. The Hall–Kier alpha value is -7.32. The Kier molecular flexibility index (Phi) is 18.1. The van der Waals surface area contributed by atoms with E-state index in [0.29, 0.717) is 75.1 Å². The molecule has 0 bridgehead atoms. The summed E-state index contributed by atoms with van der Waals surface area (Å²) >= 11 is 0. The zero-order chi connectivity index (χ0) is 51.1. The predicted octanol–water partition coefficient (Wildman–Crippen LogP) is 7.35. The number of methoxy groups -OCH3 is 1. The van der Waals surface area contributed by atoms with Crippen LogP contribution in [0.1, 0.15) is 43.7 Å². The highest BCUT2D eigenvalue weighted by atomic mass is 16.5. The van der Waals surface area contributed by atoms with Crippen molar-refractivity contribution < 1.29 is 28.8 Å². The minimum atomic E-state index is -0.334. The van der Waals surface area contributed by atoms with Gasteiger partial charge >= 0.3 is 0 Å². The number of pyridine rings is 1. The fourth-order valence-corrected chi connectivity index (χ4v) is 9.03. The van der Waals surface area contributed by atoms with Crippen molar-refractivity contribution in [3.8, 4) is 22.9 Å². The second-order valence-corrected chi connectivity index (χ2v) is 18.1. The SMILES string of the molecule is C=CC(=O)Nc1cc(Nc2nccc(-c3cn(C)c4ccccc34)n2)c(OC)cc1N(C)CCN(C)CCOCCOCCOc1ccc(CNc2cc(N3CCCC[C@H]3CCO)nc3c(CC)cnn23)cn1. The Bertz CT molecular complexity index is 2920. The number of carbonyl (C=O) groups excluding carboxylic acids is 1. The molecule has 0 saturated carbocycles. The molecular formula is C54H69N13O6. The van der Waals surface area contributed by atoms with Crippen molar-refractivity contribution in [2.75, 3.05) is 113 Å². The first-order valence-electron chi connectivity index (χ1n) is 25.1. The monoisotopic (exact) mass is 996 g/mol. The van der Waals surface area contributed by atoms with E-state index in [1.807, 2.05) is 80.5 Å². The van der Waals surface area contributed by atoms with Crippen molar-refractivity contribution in [1.82, 2.24) is 39.0 Å². The van der Waals surface area contributed by atoms with Gasteiger partial charge in [-0.05, 0) is 69.0 Å². The van der Waals surface area contributed by atoms with E-state index in [9.17, 15) is 9.90 Å². The van der Waals surface area contributed by atoms with Gasteiger partial charge in [-0.2, -0.15) is 9.61 Å². The van der Waals surface area contributed by atoms with Crippen molar-refractivity contribution in [3.05, 3.63) is 109 Å². The number of aliphatic hydroxyl groups excluding tert-OH is 1. The second-order valence-electron chi connectivity index (χ2n) is 18.1. The normalized spacial score (nSPS) is 13.7. The topological polar surface area (TPSA) is 194 Å². The quantitative estimate of drug-likeness (QED) is 0.0295. The molecule has 4 N–H and O–H groups in total. The number of nitrogens with zero attached hydrogens (tertiary/aromatic N) is 10. The standard InChI is InChI=1S/C54H69N13O6/c1-7-39-36-58-67-49(33-50(62-53(39)67)66-21-12-11-13-40(66)19-25-68)56-34-38-16-17-52(57-35-38)73-30-29-72-28-27-71-26-24-63(3)22-23-64(4)47-32-48(70-6)45(31-44(47)59-51(69)8-2)61-54-55-20-18-43(60-54)42-37-65(5)46-15-10-9-14-41(42)46/h8-10,14-18,20,31-33,35-37,40,56,68H,2,7,11-13,19,21-30,34H2,1,3-6H3,(H,59,69)(H,55,60,61)/t40-/m0/s1. The van der Waals surface area contributed by atoms with Crippen LogP contribution < -0.4 is 35.2 Å². The van der Waals surface area contributed by atoms with Gasteiger partial charge in [0.05, 0.1) is 62.5 Å². The highest BCUT2D eigenvalue weighted by Gasteiger charge is 2.25. The number of para-hydroxylation sites is 1. The number of rotatable bonds is 27. The van der Waals surface area contributed by atoms with E-state index in [1.54, 1.807) is 13.3 Å². The van der Waals surface area contributed by atoms with Crippen LogP contribution in [0.5, 0.6) is 11.6 Å². The van der Waals surface area contributed by atoms with Crippen molar-refractivity contribution >= 4 is 57.1 Å². The van der Waals surface area contributed by atoms with Crippen LogP contribution in [-0.4, -0.2) is 143 Å². The molecule has 1 atom stereocenters. The molecule has 1 aliphatic heterocycles. The summed E-state index contributed by atoms with van der Waals surface area (Å²) in [5.74, 6) is 2.92. The van der Waals surface area contributed by atoms with Crippen LogP contribution in [-0.2, 0) is 34.3 Å². The number of aliphatic hydroxyl groups is 1. The number of anilines is 6. The summed E-state index contributed by atoms with van der Waals surface area (Å²) in [6, 6.07) is 20.0. The minimum absolute atomic E-state index is 0.166. The summed E-state index contributed by atoms with van der Waals surface area (Å²) in [6.45, 7) is 11.7. The lowest BCUT2D eigenvalue weighted by molar-refractivity contribution is -0.111. The summed E-state index contributed by atoms with van der Waals surface area (Å²) in [7, 11) is 7.65. The molecule has 1 amide bonds. The molecule has 0 unspecified atom stereocenters. The Morgan fingerprint density at radius 3 is 2.58 bits per heavy atom. The number of amides is 1. The number of nitrogens with one attached hydrogen (secondary N) is 3. The van der Waals surface area contributed by atoms with E-state index in [2.05, 4.69) is 88.2 Å². The Labute approximate surface area is 427 Å². The molecule has 1 saturated heterocycles. The van der Waals surface area contributed by atoms with Crippen LogP contribution in [0.4, 0.5) is 34.6 Å². The number of aromatic nitrogens is 7. The second kappa shape index (κ2) is 25.4. The third-order valence-corrected chi connectivity index (χ3v) is 13.1. The van der Waals surface area contributed by atoms with Crippen LogP contribution in [0.2, 0.25) is 0 Å². The highest BCUT2D eigenvalue weighted by Crippen LogP contribution is 2.38. The van der Waals surface area contributed by atoms with E-state index in [-0.39, 0.29) is 18.6 Å². The largest absolute Gasteiger partial charge is 0.494 e. The molecule has 19 heteroatoms. The molecule has 2 aromatic carbocycles. The fraction of sp³-hybridized carbons (Fsp3) is 0.407. The molecule has 6 heterocycles. The third-order valence-electron chi connectivity index (χ3n) is 13.1. The van der Waals surface area contributed by atoms with Crippen molar-refractivity contribution in [3.63, 3.8) is 0 Å². The third kappa shape index (κ3) is 13.2. The van der Waals surface area contributed by atoms with Gasteiger partial charge in [-0.1, -0.05) is 37.8 Å². The van der Waals surface area contributed by atoms with Gasteiger partial charge in [-0.3, -0.25) is 4.79 Å². The Morgan fingerprint density at radius 2 is 1.78 bits per heavy atom. The number of hydrogen-bond donors (Lipinski definition) is 4. The lowest BCUT2D eigenvalue weighted by atomic mass is 9.99. The number of ether oxygens (including phenoxy) is 4. The molecule has 0 spiro atoms. The molecule has 386 valence electrons. The lowest BCUT2D eigenvalue weighted by Crippen LogP contribution is -2.40. The van der Waals surface area contributed by atoms with E-state index in [4.69, 9.17) is 28.9 Å². The maximum atomic E-state index is 12.6. The van der Waals surface area contributed by atoms with E-state index >= 15 is 0 Å². The molecule has 1 aliphatic rings. The van der Waals surface area contributed by atoms with Crippen molar-refractivity contribution in [2.24, 2.45) is 7.05 Å². The molecule has 0 aliphatic carbocycles. The molecular weight excluding hydrogens is 927 g/mol. The van der Waals surface area contributed by atoms with Crippen LogP contribution >= 0.6 is 0 Å². The molecule has 7 aromatic rings. The van der Waals surface area contributed by atoms with E-state index < -0.39 is 0 Å². The maximum absolute atomic E-state index is 12.6. The summed E-state index contributed by atoms with van der Waals surface area (Å²) in [5.41, 5.74) is 7.77. The van der Waals surface area contributed by atoms with Gasteiger partial charge in [0.25, 0.3) is 0 Å². The van der Waals surface area contributed by atoms with Crippen LogP contribution in [0, 0.1) is 0 Å². The molecule has 8 rings (SSSR count). The average Bonchev–Trinajstić information content (AvgIpc) is 4.00. The summed E-state index contributed by atoms with van der Waals surface area (Å²) in [4.78, 5) is 38.2. The van der Waals surface area contributed by atoms with Crippen molar-refractivity contribution in [2.45, 2.75) is 51.6 Å². The van der Waals surface area contributed by atoms with Crippen LogP contribution in [0.15, 0.2) is 98.1 Å². The van der Waals surface area contributed by atoms with Gasteiger partial charge < -0.3 is 59.3 Å². The summed E-state index contributed by atoms with van der Waals surface area (Å²) < 4.78 is 27.3. The van der Waals surface area contributed by atoms with Gasteiger partial charge in [-0.15, -0.1) is 0 Å². The number of carbonyl (C=O) groups is 1. The van der Waals surface area contributed by atoms with Gasteiger partial charge in [0.15, 0.2) is 5.65 Å². The number of piperidine rings is 1. The zero-order valence-electron chi connectivity index (χ0n) is 42.7. The van der Waals surface area contributed by atoms with E-state index in [1.165, 1.54) is 12.5 Å². The molecule has 1 fully saturated rings. The van der Waals surface area contributed by atoms with Gasteiger partial charge in [0.2, 0.25) is 17.7 Å². The number of fused-ring (bicyclic) bond motifs is 2. The zero-order valence-corrected chi connectivity index (χ0v) is 42.7. The average molecular weight is 996 g/mol. The first-order chi connectivity index (χ1) is 35.7. The van der Waals surface area contributed by atoms with Crippen LogP contribution in [0.3, 0.4) is 0 Å². The fourth-order valence-electron chi connectivity index (χ4n) is 9.03. The first-order valence-corrected chi connectivity index (χ1v) is 25.1. The number of hydrogen-bond acceptors (Lipinski definition) is 16. The van der Waals surface area contributed by atoms with Gasteiger partial charge in [0, 0.05) is 118 Å². The van der Waals surface area contributed by atoms with Gasteiger partial charge in [0.1, 0.15) is 24.0 Å². The molecule has 0 radical (unpaired) electrons. The first kappa shape index (κ1) is 52.0. The number of benzene rings is 2. The lowest BCUT2D eigenvalue weighted by Gasteiger charge is -2.36. The summed E-state index contributed by atoms with van der Waals surface area (Å²) in [5, 5.41) is 25.3. The van der Waals surface area contributed by atoms with Crippen LogP contribution in [0.25, 0.3) is 27.8 Å².